The first kappa shape index (κ1) is 12.3. The smallest absolute Gasteiger partial charge is 0.0784 e. The van der Waals surface area contributed by atoms with Crippen molar-refractivity contribution in [3.8, 4) is 0 Å². The quantitative estimate of drug-likeness (QED) is 0.789. The Labute approximate surface area is 95.1 Å². The Morgan fingerprint density at radius 2 is 2.20 bits per heavy atom. The van der Waals surface area contributed by atoms with Crippen molar-refractivity contribution in [2.75, 3.05) is 19.5 Å². The molecule has 0 amide bonds. The number of halogens is 1. The molecule has 0 spiro atoms. The predicted molar refractivity (Wildman–Crippen MR) is 62.0 cm³/mol. The van der Waals surface area contributed by atoms with Crippen LogP contribution in [0.2, 0.25) is 5.02 Å². The van der Waals surface area contributed by atoms with Crippen LogP contribution in [0, 0.1) is 0 Å². The molecule has 0 saturated heterocycles. The van der Waals surface area contributed by atoms with Crippen LogP contribution >= 0.6 is 11.6 Å². The summed E-state index contributed by atoms with van der Waals surface area (Å²) in [6.45, 7) is 3.07. The first-order chi connectivity index (χ1) is 7.13. The van der Waals surface area contributed by atoms with Crippen molar-refractivity contribution in [1.82, 2.24) is 0 Å². The standard InChI is InChI=1S/C11H16ClNO2/c1-8(6-14-2)15-7-9-3-4-10(12)11(13)5-9/h3-5,8H,6-7,13H2,1-2H3. The summed E-state index contributed by atoms with van der Waals surface area (Å²) >= 11 is 5.81. The number of ether oxygens (including phenoxy) is 2. The third-order valence-corrected chi connectivity index (χ3v) is 2.34. The maximum Gasteiger partial charge on any atom is 0.0784 e. The normalized spacial score (nSPS) is 12.7. The van der Waals surface area contributed by atoms with Crippen LogP contribution in [-0.2, 0) is 16.1 Å². The highest BCUT2D eigenvalue weighted by atomic mass is 35.5. The minimum Gasteiger partial charge on any atom is -0.398 e. The molecule has 3 nitrogen and oxygen atoms in total. The Morgan fingerprint density at radius 3 is 2.80 bits per heavy atom. The predicted octanol–water partition coefficient (Wildman–Crippen LogP) is 2.47. The number of methoxy groups -OCH3 is 1. The zero-order chi connectivity index (χ0) is 11.3. The summed E-state index contributed by atoms with van der Waals surface area (Å²) in [5, 5.41) is 0.573. The van der Waals surface area contributed by atoms with Crippen molar-refractivity contribution >= 4 is 17.3 Å². The first-order valence-corrected chi connectivity index (χ1v) is 5.15. The molecule has 0 aromatic heterocycles. The number of anilines is 1. The van der Waals surface area contributed by atoms with Gasteiger partial charge in [0.05, 0.1) is 30.0 Å². The van der Waals surface area contributed by atoms with Crippen molar-refractivity contribution in [1.29, 1.82) is 0 Å². The van der Waals surface area contributed by atoms with E-state index >= 15 is 0 Å². The van der Waals surface area contributed by atoms with Gasteiger partial charge in [-0.3, -0.25) is 0 Å². The zero-order valence-electron chi connectivity index (χ0n) is 9.00. The van der Waals surface area contributed by atoms with E-state index in [2.05, 4.69) is 0 Å². The molecular weight excluding hydrogens is 214 g/mol. The number of nitrogen functional groups attached to an aromatic ring is 1. The summed E-state index contributed by atoms with van der Waals surface area (Å²) in [6, 6.07) is 5.50. The molecule has 0 bridgehead atoms. The molecule has 0 fully saturated rings. The third-order valence-electron chi connectivity index (χ3n) is 2.00. The van der Waals surface area contributed by atoms with Crippen LogP contribution in [0.3, 0.4) is 0 Å². The maximum absolute atomic E-state index is 5.81. The van der Waals surface area contributed by atoms with Gasteiger partial charge in [-0.1, -0.05) is 17.7 Å². The van der Waals surface area contributed by atoms with Crippen LogP contribution in [0.5, 0.6) is 0 Å². The second-order valence-corrected chi connectivity index (χ2v) is 3.84. The molecule has 1 rings (SSSR count). The van der Waals surface area contributed by atoms with Crippen LogP contribution in [0.4, 0.5) is 5.69 Å². The topological polar surface area (TPSA) is 44.5 Å². The molecule has 1 aromatic rings. The molecule has 0 radical (unpaired) electrons. The minimum absolute atomic E-state index is 0.0758. The average molecular weight is 230 g/mol. The SMILES string of the molecule is COCC(C)OCc1ccc(Cl)c(N)c1. The van der Waals surface area contributed by atoms with E-state index in [1.807, 2.05) is 19.1 Å². The van der Waals surface area contributed by atoms with Gasteiger partial charge >= 0.3 is 0 Å². The van der Waals surface area contributed by atoms with E-state index in [1.54, 1.807) is 13.2 Å². The monoisotopic (exact) mass is 229 g/mol. The summed E-state index contributed by atoms with van der Waals surface area (Å²) in [6.07, 6.45) is 0.0758. The average Bonchev–Trinajstić information content (AvgIpc) is 2.20. The van der Waals surface area contributed by atoms with Gasteiger partial charge in [0.25, 0.3) is 0 Å². The summed E-state index contributed by atoms with van der Waals surface area (Å²) in [7, 11) is 1.65. The Kier molecular flexibility index (Phi) is 4.88. The number of rotatable bonds is 5. The highest BCUT2D eigenvalue weighted by molar-refractivity contribution is 6.33. The molecular formula is C11H16ClNO2. The van der Waals surface area contributed by atoms with E-state index in [1.165, 1.54) is 0 Å². The maximum atomic E-state index is 5.81. The molecule has 1 unspecified atom stereocenters. The molecule has 0 heterocycles. The Hall–Kier alpha value is -0.770. The van der Waals surface area contributed by atoms with Crippen LogP contribution in [-0.4, -0.2) is 19.8 Å². The molecule has 0 aliphatic rings. The molecule has 0 aliphatic heterocycles. The first-order valence-electron chi connectivity index (χ1n) is 4.78. The second-order valence-electron chi connectivity index (χ2n) is 3.43. The molecule has 2 N–H and O–H groups in total. The summed E-state index contributed by atoms with van der Waals surface area (Å²) in [5.74, 6) is 0. The number of hydrogen-bond acceptors (Lipinski definition) is 3. The fourth-order valence-electron chi connectivity index (χ4n) is 1.20. The van der Waals surface area contributed by atoms with Gasteiger partial charge in [-0.15, -0.1) is 0 Å². The lowest BCUT2D eigenvalue weighted by atomic mass is 10.2. The Bertz CT molecular complexity index is 317. The van der Waals surface area contributed by atoms with Gasteiger partial charge in [0.2, 0.25) is 0 Å². The lowest BCUT2D eigenvalue weighted by Gasteiger charge is -2.12. The van der Waals surface area contributed by atoms with E-state index in [9.17, 15) is 0 Å². The van der Waals surface area contributed by atoms with E-state index in [-0.39, 0.29) is 6.10 Å². The van der Waals surface area contributed by atoms with Crippen molar-refractivity contribution < 1.29 is 9.47 Å². The van der Waals surface area contributed by atoms with Crippen LogP contribution in [0.1, 0.15) is 12.5 Å². The van der Waals surface area contributed by atoms with Crippen molar-refractivity contribution in [3.05, 3.63) is 28.8 Å². The van der Waals surface area contributed by atoms with Crippen molar-refractivity contribution in [2.24, 2.45) is 0 Å². The van der Waals surface area contributed by atoms with E-state index in [0.29, 0.717) is 23.9 Å². The highest BCUT2D eigenvalue weighted by Crippen LogP contribution is 2.20. The summed E-state index contributed by atoms with van der Waals surface area (Å²) in [5.41, 5.74) is 7.27. The van der Waals surface area contributed by atoms with Gasteiger partial charge in [0.1, 0.15) is 0 Å². The van der Waals surface area contributed by atoms with Crippen molar-refractivity contribution in [3.63, 3.8) is 0 Å². The molecule has 4 heteroatoms. The Balaban J connectivity index is 2.47. The molecule has 0 aliphatic carbocycles. The largest absolute Gasteiger partial charge is 0.398 e. The zero-order valence-corrected chi connectivity index (χ0v) is 9.75. The third kappa shape index (κ3) is 4.08. The Morgan fingerprint density at radius 1 is 1.47 bits per heavy atom. The second kappa shape index (κ2) is 5.95. The fourth-order valence-corrected chi connectivity index (χ4v) is 1.32. The van der Waals surface area contributed by atoms with Gasteiger partial charge < -0.3 is 15.2 Å². The molecule has 1 atom stereocenters. The fraction of sp³-hybridized carbons (Fsp3) is 0.455. The lowest BCUT2D eigenvalue weighted by molar-refractivity contribution is -0.000109. The van der Waals surface area contributed by atoms with Crippen molar-refractivity contribution in [2.45, 2.75) is 19.6 Å². The number of benzene rings is 1. The lowest BCUT2D eigenvalue weighted by Crippen LogP contribution is -2.14. The highest BCUT2D eigenvalue weighted by Gasteiger charge is 2.03. The minimum atomic E-state index is 0.0758. The molecule has 1 aromatic carbocycles. The van der Waals surface area contributed by atoms with Gasteiger partial charge in [-0.25, -0.2) is 0 Å². The van der Waals surface area contributed by atoms with Gasteiger partial charge in [-0.2, -0.15) is 0 Å². The number of nitrogens with two attached hydrogens (primary N) is 1. The van der Waals surface area contributed by atoms with Gasteiger partial charge in [-0.05, 0) is 24.6 Å². The van der Waals surface area contributed by atoms with Gasteiger partial charge in [0, 0.05) is 7.11 Å². The van der Waals surface area contributed by atoms with E-state index < -0.39 is 0 Å². The molecule has 84 valence electrons. The summed E-state index contributed by atoms with van der Waals surface area (Å²) in [4.78, 5) is 0. The molecule has 0 saturated carbocycles. The van der Waals surface area contributed by atoms with E-state index in [0.717, 1.165) is 5.56 Å². The van der Waals surface area contributed by atoms with Crippen LogP contribution in [0.25, 0.3) is 0 Å². The van der Waals surface area contributed by atoms with Gasteiger partial charge in [0.15, 0.2) is 0 Å². The van der Waals surface area contributed by atoms with Crippen LogP contribution < -0.4 is 5.73 Å². The summed E-state index contributed by atoms with van der Waals surface area (Å²) < 4.78 is 10.5. The van der Waals surface area contributed by atoms with Crippen LogP contribution in [0.15, 0.2) is 18.2 Å². The number of hydrogen-bond donors (Lipinski definition) is 1. The molecule has 15 heavy (non-hydrogen) atoms. The van der Waals surface area contributed by atoms with E-state index in [4.69, 9.17) is 26.8 Å².